The van der Waals surface area contributed by atoms with Crippen molar-refractivity contribution >= 4 is 11.6 Å². The number of hydrogen-bond acceptors (Lipinski definition) is 3. The predicted octanol–water partition coefficient (Wildman–Crippen LogP) is 6.44. The molecule has 174 valence electrons. The summed E-state index contributed by atoms with van der Waals surface area (Å²) >= 11 is 6.53. The van der Waals surface area contributed by atoms with Crippen LogP contribution in [0.1, 0.15) is 105 Å². The third-order valence-corrected chi connectivity index (χ3v) is 7.14. The normalized spacial score (nSPS) is 23.4. The highest BCUT2D eigenvalue weighted by molar-refractivity contribution is 6.20. The zero-order valence-corrected chi connectivity index (χ0v) is 20.7. The topological polar surface area (TPSA) is 43.7 Å². The molecule has 2 N–H and O–H groups in total. The summed E-state index contributed by atoms with van der Waals surface area (Å²) in [5.41, 5.74) is 0. The summed E-state index contributed by atoms with van der Waals surface area (Å²) in [6.45, 7) is 12.4. The molecule has 0 aromatic rings. The summed E-state index contributed by atoms with van der Waals surface area (Å²) < 4.78 is 0. The quantitative estimate of drug-likeness (QED) is 0.149. The molecule has 1 rings (SSSR count). The molecule has 3 nitrogen and oxygen atoms in total. The molecule has 29 heavy (non-hydrogen) atoms. The molecule has 0 aromatic heterocycles. The summed E-state index contributed by atoms with van der Waals surface area (Å²) in [5.74, 6) is 1.91. The van der Waals surface area contributed by atoms with Crippen molar-refractivity contribution in [2.24, 2.45) is 23.7 Å². The van der Waals surface area contributed by atoms with Crippen molar-refractivity contribution in [1.82, 2.24) is 4.90 Å². The highest BCUT2D eigenvalue weighted by Gasteiger charge is 2.44. The molecule has 0 amide bonds. The molecule has 4 unspecified atom stereocenters. The maximum absolute atomic E-state index is 10.9. The first-order valence-corrected chi connectivity index (χ1v) is 13.0. The van der Waals surface area contributed by atoms with Crippen LogP contribution in [-0.2, 0) is 0 Å². The highest BCUT2D eigenvalue weighted by Crippen LogP contribution is 2.42. The van der Waals surface area contributed by atoms with Gasteiger partial charge in [-0.3, -0.25) is 4.90 Å². The predicted molar refractivity (Wildman–Crippen MR) is 126 cm³/mol. The van der Waals surface area contributed by atoms with Gasteiger partial charge in [-0.05, 0) is 56.4 Å². The van der Waals surface area contributed by atoms with Gasteiger partial charge in [0.25, 0.3) is 0 Å². The first-order chi connectivity index (χ1) is 13.8. The highest BCUT2D eigenvalue weighted by atomic mass is 35.5. The molecule has 0 aromatic carbocycles. The van der Waals surface area contributed by atoms with Crippen molar-refractivity contribution in [3.8, 4) is 0 Å². The Morgan fingerprint density at radius 3 is 2.21 bits per heavy atom. The standard InChI is InChI=1S/C25H50ClNO2/c1-6-8-9-10-13-23(27(7-2)25(29)24-17-21(24)18-28)14-11-12-20(5)16-22(26)15-19(3)4/h19-25,28-29H,6-18H2,1-5H3/t20-,21?,22?,23?,24+,25?/m0/s1. The first kappa shape index (κ1) is 27.2. The van der Waals surface area contributed by atoms with Crippen molar-refractivity contribution in [3.05, 3.63) is 0 Å². The van der Waals surface area contributed by atoms with Crippen molar-refractivity contribution in [2.75, 3.05) is 13.2 Å². The lowest BCUT2D eigenvalue weighted by Gasteiger charge is -2.35. The van der Waals surface area contributed by atoms with Crippen LogP contribution in [0.25, 0.3) is 0 Å². The minimum atomic E-state index is -0.385. The van der Waals surface area contributed by atoms with Gasteiger partial charge in [-0.2, -0.15) is 0 Å². The average Bonchev–Trinajstić information content (AvgIpc) is 3.44. The second kappa shape index (κ2) is 15.1. The summed E-state index contributed by atoms with van der Waals surface area (Å²) in [6.07, 6.45) is 12.7. The number of hydrogen-bond donors (Lipinski definition) is 2. The molecule has 0 spiro atoms. The van der Waals surface area contributed by atoms with E-state index < -0.39 is 0 Å². The molecule has 6 atom stereocenters. The van der Waals surface area contributed by atoms with Crippen LogP contribution in [0.3, 0.4) is 0 Å². The SMILES string of the molecule is CCCCCCC(CCC[C@H](C)CC(Cl)CC(C)C)N(CC)C(O)[C@@H]1CC1CO. The van der Waals surface area contributed by atoms with E-state index >= 15 is 0 Å². The summed E-state index contributed by atoms with van der Waals surface area (Å²) in [5, 5.41) is 20.6. The molecule has 0 heterocycles. The van der Waals surface area contributed by atoms with Crippen LogP contribution >= 0.6 is 11.6 Å². The molecular formula is C25H50ClNO2. The Morgan fingerprint density at radius 1 is 0.966 bits per heavy atom. The van der Waals surface area contributed by atoms with Crippen molar-refractivity contribution in [2.45, 2.75) is 123 Å². The van der Waals surface area contributed by atoms with Gasteiger partial charge in [0.1, 0.15) is 6.23 Å². The van der Waals surface area contributed by atoms with Gasteiger partial charge < -0.3 is 10.2 Å². The van der Waals surface area contributed by atoms with Crippen LogP contribution in [0.2, 0.25) is 0 Å². The molecule has 1 fully saturated rings. The lowest BCUT2D eigenvalue weighted by atomic mass is 9.92. The number of unbranched alkanes of at least 4 members (excludes halogenated alkanes) is 3. The van der Waals surface area contributed by atoms with Gasteiger partial charge >= 0.3 is 0 Å². The van der Waals surface area contributed by atoms with E-state index in [0.717, 1.165) is 32.2 Å². The van der Waals surface area contributed by atoms with Gasteiger partial charge in [0.05, 0.1) is 0 Å². The second-order valence-electron chi connectivity index (χ2n) is 10.1. The van der Waals surface area contributed by atoms with E-state index in [1.165, 1.54) is 44.9 Å². The van der Waals surface area contributed by atoms with E-state index in [0.29, 0.717) is 29.2 Å². The minimum Gasteiger partial charge on any atom is -0.396 e. The molecule has 0 bridgehead atoms. The maximum atomic E-state index is 10.9. The van der Waals surface area contributed by atoms with Gasteiger partial charge in [0.2, 0.25) is 0 Å². The van der Waals surface area contributed by atoms with Crippen molar-refractivity contribution < 1.29 is 10.2 Å². The number of aliphatic hydroxyl groups excluding tert-OH is 2. The van der Waals surface area contributed by atoms with Crippen LogP contribution in [0.4, 0.5) is 0 Å². The van der Waals surface area contributed by atoms with Crippen LogP contribution < -0.4 is 0 Å². The van der Waals surface area contributed by atoms with Crippen LogP contribution in [0.5, 0.6) is 0 Å². The fraction of sp³-hybridized carbons (Fsp3) is 1.00. The fourth-order valence-electron chi connectivity index (χ4n) is 4.90. The Balaban J connectivity index is 2.52. The Morgan fingerprint density at radius 2 is 1.66 bits per heavy atom. The smallest absolute Gasteiger partial charge is 0.110 e. The summed E-state index contributed by atoms with van der Waals surface area (Å²) in [6, 6.07) is 0.460. The third-order valence-electron chi connectivity index (χ3n) is 6.78. The van der Waals surface area contributed by atoms with Crippen molar-refractivity contribution in [1.29, 1.82) is 0 Å². The lowest BCUT2D eigenvalue weighted by molar-refractivity contribution is -0.0467. The zero-order chi connectivity index (χ0) is 21.8. The van der Waals surface area contributed by atoms with Gasteiger partial charge in [-0.15, -0.1) is 11.6 Å². The maximum Gasteiger partial charge on any atom is 0.110 e. The number of halogens is 1. The number of aliphatic hydroxyl groups is 2. The van der Waals surface area contributed by atoms with Crippen LogP contribution in [0, 0.1) is 23.7 Å². The van der Waals surface area contributed by atoms with Crippen LogP contribution in [-0.4, -0.2) is 45.9 Å². The van der Waals surface area contributed by atoms with Crippen LogP contribution in [0.15, 0.2) is 0 Å². The minimum absolute atomic E-state index is 0.216. The number of rotatable bonds is 18. The summed E-state index contributed by atoms with van der Waals surface area (Å²) in [7, 11) is 0. The largest absolute Gasteiger partial charge is 0.396 e. The molecule has 0 saturated heterocycles. The lowest BCUT2D eigenvalue weighted by Crippen LogP contribution is -2.44. The average molecular weight is 432 g/mol. The van der Waals surface area contributed by atoms with Crippen molar-refractivity contribution in [3.63, 3.8) is 0 Å². The Kier molecular flexibility index (Phi) is 14.1. The van der Waals surface area contributed by atoms with E-state index in [2.05, 4.69) is 39.5 Å². The molecular weight excluding hydrogens is 382 g/mol. The number of nitrogens with zero attached hydrogens (tertiary/aromatic N) is 1. The number of alkyl halides is 1. The Labute approximate surface area is 186 Å². The Hall–Kier alpha value is 0.170. The van der Waals surface area contributed by atoms with E-state index in [9.17, 15) is 10.2 Å². The molecule has 4 heteroatoms. The van der Waals surface area contributed by atoms with E-state index in [1.54, 1.807) is 0 Å². The zero-order valence-electron chi connectivity index (χ0n) is 20.0. The molecule has 0 radical (unpaired) electrons. The van der Waals surface area contributed by atoms with E-state index in [4.69, 9.17) is 11.6 Å². The molecule has 1 aliphatic rings. The first-order valence-electron chi connectivity index (χ1n) is 12.5. The molecule has 0 aliphatic heterocycles. The molecule has 1 saturated carbocycles. The summed E-state index contributed by atoms with van der Waals surface area (Å²) in [4.78, 5) is 2.33. The second-order valence-corrected chi connectivity index (χ2v) is 10.7. The van der Waals surface area contributed by atoms with Gasteiger partial charge in [0.15, 0.2) is 0 Å². The van der Waals surface area contributed by atoms with E-state index in [-0.39, 0.29) is 18.8 Å². The third kappa shape index (κ3) is 10.8. The fourth-order valence-corrected chi connectivity index (χ4v) is 5.56. The monoisotopic (exact) mass is 431 g/mol. The van der Waals surface area contributed by atoms with E-state index in [1.807, 2.05) is 0 Å². The van der Waals surface area contributed by atoms with Gasteiger partial charge in [-0.25, -0.2) is 0 Å². The van der Waals surface area contributed by atoms with Gasteiger partial charge in [0, 0.05) is 23.9 Å². The Bertz CT molecular complexity index is 406. The molecule has 1 aliphatic carbocycles. The van der Waals surface area contributed by atoms with Gasteiger partial charge in [-0.1, -0.05) is 73.1 Å².